The van der Waals surface area contributed by atoms with E-state index in [9.17, 15) is 0 Å². The summed E-state index contributed by atoms with van der Waals surface area (Å²) in [7, 11) is 0. The predicted molar refractivity (Wildman–Crippen MR) is 56.6 cm³/mol. The monoisotopic (exact) mass is 227 g/mol. The van der Waals surface area contributed by atoms with Gasteiger partial charge in [-0.1, -0.05) is 22.7 Å². The Kier molecular flexibility index (Phi) is 2.69. The van der Waals surface area contributed by atoms with Crippen molar-refractivity contribution in [2.24, 2.45) is 0 Å². The van der Waals surface area contributed by atoms with Crippen molar-refractivity contribution in [1.29, 1.82) is 0 Å². The molecular formula is C7H9N5S2. The Labute approximate surface area is 89.2 Å². The standard InChI is InChI=1S/C7H9N5S2/c1-4(6-11-10-5(2)14-6)9-7-12-8-3-13-7/h3-4H,1-2H3,(H,9,12). The molecule has 0 aliphatic heterocycles. The maximum Gasteiger partial charge on any atom is 0.205 e. The zero-order valence-electron chi connectivity index (χ0n) is 7.76. The van der Waals surface area contributed by atoms with E-state index < -0.39 is 0 Å². The summed E-state index contributed by atoms with van der Waals surface area (Å²) in [5.41, 5.74) is 1.69. The zero-order valence-corrected chi connectivity index (χ0v) is 9.39. The lowest BCUT2D eigenvalue weighted by Crippen LogP contribution is -2.05. The van der Waals surface area contributed by atoms with Gasteiger partial charge in [0.2, 0.25) is 5.13 Å². The Morgan fingerprint density at radius 2 is 2.21 bits per heavy atom. The highest BCUT2D eigenvalue weighted by Crippen LogP contribution is 2.22. The third kappa shape index (κ3) is 2.05. The van der Waals surface area contributed by atoms with E-state index in [1.807, 2.05) is 13.8 Å². The Bertz CT molecular complexity index is 396. The molecule has 0 aliphatic carbocycles. The van der Waals surface area contributed by atoms with Crippen LogP contribution in [0, 0.1) is 6.92 Å². The number of nitrogens with zero attached hydrogens (tertiary/aromatic N) is 4. The molecule has 0 saturated carbocycles. The van der Waals surface area contributed by atoms with Gasteiger partial charge >= 0.3 is 0 Å². The van der Waals surface area contributed by atoms with Crippen LogP contribution < -0.4 is 5.32 Å². The summed E-state index contributed by atoms with van der Waals surface area (Å²) in [4.78, 5) is 0. The quantitative estimate of drug-likeness (QED) is 0.867. The normalized spacial score (nSPS) is 12.7. The SMILES string of the molecule is Cc1nnc(C(C)Nc2nncs2)s1. The first-order chi connectivity index (χ1) is 6.75. The van der Waals surface area contributed by atoms with Crippen LogP contribution in [0.2, 0.25) is 0 Å². The maximum absolute atomic E-state index is 4.06. The van der Waals surface area contributed by atoms with Gasteiger partial charge in [0, 0.05) is 0 Å². The van der Waals surface area contributed by atoms with E-state index in [0.29, 0.717) is 0 Å². The summed E-state index contributed by atoms with van der Waals surface area (Å²) in [5, 5.41) is 21.6. The number of aromatic nitrogens is 4. The van der Waals surface area contributed by atoms with Crippen molar-refractivity contribution in [1.82, 2.24) is 20.4 Å². The summed E-state index contributed by atoms with van der Waals surface area (Å²) in [6, 6.07) is 0.133. The third-order valence-corrected chi connectivity index (χ3v) is 3.26. The van der Waals surface area contributed by atoms with Crippen LogP contribution in [0.4, 0.5) is 5.13 Å². The molecule has 74 valence electrons. The Hall–Kier alpha value is -1.08. The van der Waals surface area contributed by atoms with Gasteiger partial charge in [-0.2, -0.15) is 0 Å². The van der Waals surface area contributed by atoms with Gasteiger partial charge in [0.1, 0.15) is 15.5 Å². The van der Waals surface area contributed by atoms with Crippen molar-refractivity contribution in [3.05, 3.63) is 15.5 Å². The summed E-state index contributed by atoms with van der Waals surface area (Å²) >= 11 is 3.07. The van der Waals surface area contributed by atoms with E-state index in [1.54, 1.807) is 16.8 Å². The molecule has 2 aromatic heterocycles. The Morgan fingerprint density at radius 1 is 1.36 bits per heavy atom. The summed E-state index contributed by atoms with van der Waals surface area (Å²) in [5.74, 6) is 0. The average molecular weight is 227 g/mol. The van der Waals surface area contributed by atoms with Crippen molar-refractivity contribution in [3.8, 4) is 0 Å². The Morgan fingerprint density at radius 3 is 2.79 bits per heavy atom. The van der Waals surface area contributed by atoms with E-state index in [2.05, 4.69) is 25.7 Å². The van der Waals surface area contributed by atoms with Gasteiger partial charge in [-0.25, -0.2) is 0 Å². The molecule has 1 N–H and O–H groups in total. The second kappa shape index (κ2) is 3.97. The van der Waals surface area contributed by atoms with Crippen molar-refractivity contribution in [3.63, 3.8) is 0 Å². The van der Waals surface area contributed by atoms with E-state index in [1.165, 1.54) is 11.3 Å². The maximum atomic E-state index is 4.06. The second-order valence-electron chi connectivity index (χ2n) is 2.77. The van der Waals surface area contributed by atoms with E-state index in [0.717, 1.165) is 15.1 Å². The van der Waals surface area contributed by atoms with Crippen LogP contribution in [-0.4, -0.2) is 20.4 Å². The lowest BCUT2D eigenvalue weighted by atomic mass is 10.4. The number of anilines is 1. The summed E-state index contributed by atoms with van der Waals surface area (Å²) < 4.78 is 0. The molecule has 2 heterocycles. The second-order valence-corrected chi connectivity index (χ2v) is 4.82. The lowest BCUT2D eigenvalue weighted by Gasteiger charge is -2.07. The molecule has 0 aromatic carbocycles. The molecule has 1 unspecified atom stereocenters. The average Bonchev–Trinajstić information content (AvgIpc) is 2.75. The molecule has 0 bridgehead atoms. The first-order valence-corrected chi connectivity index (χ1v) is 5.78. The minimum atomic E-state index is 0.133. The number of nitrogens with one attached hydrogen (secondary N) is 1. The van der Waals surface area contributed by atoms with Gasteiger partial charge in [-0.3, -0.25) is 0 Å². The van der Waals surface area contributed by atoms with Crippen LogP contribution in [-0.2, 0) is 0 Å². The van der Waals surface area contributed by atoms with Crippen LogP contribution in [0.25, 0.3) is 0 Å². The molecule has 0 fully saturated rings. The molecule has 2 aromatic rings. The van der Waals surface area contributed by atoms with Gasteiger partial charge < -0.3 is 5.32 Å². The largest absolute Gasteiger partial charge is 0.351 e. The van der Waals surface area contributed by atoms with Crippen LogP contribution in [0.5, 0.6) is 0 Å². The number of hydrogen-bond acceptors (Lipinski definition) is 7. The van der Waals surface area contributed by atoms with Crippen molar-refractivity contribution < 1.29 is 0 Å². The molecular weight excluding hydrogens is 218 g/mol. The fraction of sp³-hybridized carbons (Fsp3) is 0.429. The van der Waals surface area contributed by atoms with E-state index >= 15 is 0 Å². The first kappa shape index (κ1) is 9.47. The molecule has 0 amide bonds. The highest BCUT2D eigenvalue weighted by molar-refractivity contribution is 7.13. The van der Waals surface area contributed by atoms with Crippen LogP contribution in [0.3, 0.4) is 0 Å². The van der Waals surface area contributed by atoms with Gasteiger partial charge in [-0.15, -0.1) is 20.4 Å². The molecule has 0 radical (unpaired) electrons. The van der Waals surface area contributed by atoms with Gasteiger partial charge in [0.05, 0.1) is 6.04 Å². The van der Waals surface area contributed by atoms with Crippen LogP contribution >= 0.6 is 22.7 Å². The van der Waals surface area contributed by atoms with E-state index in [-0.39, 0.29) is 6.04 Å². The molecule has 0 aliphatic rings. The number of aryl methyl sites for hydroxylation is 1. The highest BCUT2D eigenvalue weighted by atomic mass is 32.1. The predicted octanol–water partition coefficient (Wildman–Crippen LogP) is 1.87. The minimum Gasteiger partial charge on any atom is -0.351 e. The van der Waals surface area contributed by atoms with Crippen molar-refractivity contribution in [2.45, 2.75) is 19.9 Å². The van der Waals surface area contributed by atoms with Crippen molar-refractivity contribution in [2.75, 3.05) is 5.32 Å². The van der Waals surface area contributed by atoms with Gasteiger partial charge in [-0.05, 0) is 13.8 Å². The molecule has 1 atom stereocenters. The lowest BCUT2D eigenvalue weighted by molar-refractivity contribution is 0.830. The van der Waals surface area contributed by atoms with Gasteiger partial charge in [0.15, 0.2) is 0 Å². The summed E-state index contributed by atoms with van der Waals surface area (Å²) in [6.07, 6.45) is 0. The summed E-state index contributed by atoms with van der Waals surface area (Å²) in [6.45, 7) is 3.97. The number of rotatable bonds is 3. The molecule has 7 heteroatoms. The molecule has 0 saturated heterocycles. The fourth-order valence-corrected chi connectivity index (χ4v) is 2.20. The highest BCUT2D eigenvalue weighted by Gasteiger charge is 2.11. The van der Waals surface area contributed by atoms with Crippen molar-refractivity contribution >= 4 is 27.8 Å². The minimum absolute atomic E-state index is 0.133. The Balaban J connectivity index is 2.06. The van der Waals surface area contributed by atoms with E-state index in [4.69, 9.17) is 0 Å². The molecule has 5 nitrogen and oxygen atoms in total. The third-order valence-electron chi connectivity index (χ3n) is 1.61. The topological polar surface area (TPSA) is 63.6 Å². The van der Waals surface area contributed by atoms with Crippen LogP contribution in [0.15, 0.2) is 5.51 Å². The molecule has 2 rings (SSSR count). The zero-order chi connectivity index (χ0) is 9.97. The first-order valence-electron chi connectivity index (χ1n) is 4.08. The number of hydrogen-bond donors (Lipinski definition) is 1. The van der Waals surface area contributed by atoms with Gasteiger partial charge in [0.25, 0.3) is 0 Å². The molecule has 0 spiro atoms. The molecule has 14 heavy (non-hydrogen) atoms. The van der Waals surface area contributed by atoms with Crippen LogP contribution in [0.1, 0.15) is 23.0 Å². The smallest absolute Gasteiger partial charge is 0.205 e. The fourth-order valence-electron chi connectivity index (χ4n) is 0.970.